The lowest BCUT2D eigenvalue weighted by Gasteiger charge is -2.00. The molecule has 0 spiro atoms. The molecule has 0 saturated heterocycles. The van der Waals surface area contributed by atoms with E-state index in [1.807, 2.05) is 0 Å². The van der Waals surface area contributed by atoms with E-state index in [-0.39, 0.29) is 4.86 Å². The van der Waals surface area contributed by atoms with Crippen LogP contribution in [0.15, 0.2) is 0 Å². The van der Waals surface area contributed by atoms with Gasteiger partial charge in [0.1, 0.15) is 5.92 Å². The van der Waals surface area contributed by atoms with E-state index in [0.29, 0.717) is 0 Å². The zero-order valence-electron chi connectivity index (χ0n) is 4.14. The second-order valence-electron chi connectivity index (χ2n) is 1.87. The highest BCUT2D eigenvalue weighted by molar-refractivity contribution is 7.88. The Hall–Kier alpha value is 0.230. The van der Waals surface area contributed by atoms with E-state index >= 15 is 0 Å². The van der Waals surface area contributed by atoms with Gasteiger partial charge in [-0.3, -0.25) is 0 Å². The molecular formula is C4H3F3S2. The van der Waals surface area contributed by atoms with Crippen molar-refractivity contribution in [1.82, 2.24) is 0 Å². The predicted octanol–water partition coefficient (Wildman–Crippen LogP) is 1.85. The Kier molecular flexibility index (Phi) is 1.51. The van der Waals surface area contributed by atoms with Crippen molar-refractivity contribution in [2.24, 2.45) is 5.92 Å². The highest BCUT2D eigenvalue weighted by atomic mass is 32.1. The van der Waals surface area contributed by atoms with Crippen LogP contribution in [0.1, 0.15) is 0 Å². The third-order valence-corrected chi connectivity index (χ3v) is 2.42. The fourth-order valence-electron chi connectivity index (χ4n) is 0.567. The van der Waals surface area contributed by atoms with Gasteiger partial charge in [0.05, 0.1) is 0 Å². The van der Waals surface area contributed by atoms with Crippen molar-refractivity contribution in [3.05, 3.63) is 0 Å². The molecule has 1 aliphatic rings. The molecule has 0 N–H and O–H groups in total. The van der Waals surface area contributed by atoms with Gasteiger partial charge >= 0.3 is 6.18 Å². The molecule has 0 radical (unpaired) electrons. The monoisotopic (exact) mass is 172 g/mol. The van der Waals surface area contributed by atoms with Crippen LogP contribution in [0.25, 0.3) is 0 Å². The summed E-state index contributed by atoms with van der Waals surface area (Å²) in [5, 5.41) is -0.722. The summed E-state index contributed by atoms with van der Waals surface area (Å²) in [6.07, 6.45) is -4.16. The van der Waals surface area contributed by atoms with Gasteiger partial charge in [0, 0.05) is 10.1 Å². The molecule has 0 heterocycles. The largest absolute Gasteiger partial charge is 0.397 e. The molecule has 0 aromatic rings. The third kappa shape index (κ3) is 1.21. The molecule has 52 valence electrons. The number of halogens is 3. The fourth-order valence-corrected chi connectivity index (χ4v) is 1.41. The van der Waals surface area contributed by atoms with Crippen LogP contribution in [0.4, 0.5) is 13.2 Å². The molecule has 0 nitrogen and oxygen atoms in total. The Bertz CT molecular complexity index is 150. The van der Waals surface area contributed by atoms with E-state index in [2.05, 4.69) is 24.8 Å². The van der Waals surface area contributed by atoms with Crippen molar-refractivity contribution in [3.8, 4) is 0 Å². The number of alkyl halides is 3. The molecule has 2 unspecified atom stereocenters. The lowest BCUT2D eigenvalue weighted by Crippen LogP contribution is -2.12. The quantitative estimate of drug-likeness (QED) is 0.430. The van der Waals surface area contributed by atoms with Crippen LogP contribution in [-0.4, -0.2) is 16.3 Å². The molecule has 1 fully saturated rings. The molecular weight excluding hydrogens is 169 g/mol. The Labute approximate surface area is 60.8 Å². The van der Waals surface area contributed by atoms with Gasteiger partial charge in [-0.15, -0.1) is 0 Å². The lowest BCUT2D eigenvalue weighted by molar-refractivity contribution is -0.139. The Balaban J connectivity index is 2.60. The molecule has 9 heavy (non-hydrogen) atoms. The predicted molar refractivity (Wildman–Crippen MR) is 34.9 cm³/mol. The minimum absolute atomic E-state index is 0.0193. The van der Waals surface area contributed by atoms with Gasteiger partial charge in [0.2, 0.25) is 0 Å². The van der Waals surface area contributed by atoms with Gasteiger partial charge in [-0.2, -0.15) is 25.8 Å². The average Bonchev–Trinajstić information content (AvgIpc) is 2.11. The standard InChI is InChI=1S/C4H3F3S2/c5-4(6,7)1-2(8)3(1)9/h1-2,8H. The van der Waals surface area contributed by atoms with Crippen LogP contribution in [0, 0.1) is 5.92 Å². The van der Waals surface area contributed by atoms with Gasteiger partial charge in [0.25, 0.3) is 0 Å². The highest BCUT2D eigenvalue weighted by Crippen LogP contribution is 2.45. The van der Waals surface area contributed by atoms with Gasteiger partial charge in [-0.1, -0.05) is 12.2 Å². The lowest BCUT2D eigenvalue weighted by atomic mass is 10.4. The molecule has 1 rings (SSSR count). The van der Waals surface area contributed by atoms with Gasteiger partial charge in [0.15, 0.2) is 0 Å². The van der Waals surface area contributed by atoms with Crippen LogP contribution in [0.5, 0.6) is 0 Å². The first-order valence-electron chi connectivity index (χ1n) is 2.23. The molecule has 0 aromatic heterocycles. The molecule has 2 atom stereocenters. The summed E-state index contributed by atoms with van der Waals surface area (Å²) in [4.78, 5) is 0.0193. The number of rotatable bonds is 0. The molecule has 0 amide bonds. The first-order chi connectivity index (χ1) is 3.94. The summed E-state index contributed by atoms with van der Waals surface area (Å²) < 4.78 is 34.8. The first-order valence-corrected chi connectivity index (χ1v) is 3.15. The molecule has 1 saturated carbocycles. The normalized spacial score (nSPS) is 34.9. The van der Waals surface area contributed by atoms with Crippen LogP contribution in [0.3, 0.4) is 0 Å². The summed E-state index contributed by atoms with van der Waals surface area (Å²) in [7, 11) is 0. The maximum atomic E-state index is 11.6. The van der Waals surface area contributed by atoms with E-state index in [4.69, 9.17) is 0 Å². The van der Waals surface area contributed by atoms with Gasteiger partial charge < -0.3 is 0 Å². The maximum Gasteiger partial charge on any atom is 0.397 e. The average molecular weight is 172 g/mol. The van der Waals surface area contributed by atoms with Crippen LogP contribution in [0.2, 0.25) is 0 Å². The van der Waals surface area contributed by atoms with Crippen LogP contribution in [-0.2, 0) is 0 Å². The van der Waals surface area contributed by atoms with Crippen molar-refractivity contribution in [1.29, 1.82) is 0 Å². The van der Waals surface area contributed by atoms with Gasteiger partial charge in [-0.05, 0) is 0 Å². The smallest absolute Gasteiger partial charge is 0.170 e. The molecule has 0 bridgehead atoms. The van der Waals surface area contributed by atoms with E-state index < -0.39 is 17.3 Å². The van der Waals surface area contributed by atoms with E-state index in [9.17, 15) is 13.2 Å². The Morgan fingerprint density at radius 3 is 1.78 bits per heavy atom. The SMILES string of the molecule is FC(F)(F)C1C(=S)C1S. The summed E-state index contributed by atoms with van der Waals surface area (Å²) in [5.41, 5.74) is 0. The molecule has 5 heteroatoms. The van der Waals surface area contributed by atoms with Crippen LogP contribution >= 0.6 is 24.8 Å². The van der Waals surface area contributed by atoms with Crippen molar-refractivity contribution in [3.63, 3.8) is 0 Å². The van der Waals surface area contributed by atoms with Gasteiger partial charge in [-0.25, -0.2) is 0 Å². The minimum atomic E-state index is -4.16. The zero-order valence-corrected chi connectivity index (χ0v) is 5.85. The van der Waals surface area contributed by atoms with Crippen molar-refractivity contribution < 1.29 is 13.2 Å². The Morgan fingerprint density at radius 1 is 1.44 bits per heavy atom. The number of hydrogen-bond acceptors (Lipinski definition) is 2. The minimum Gasteiger partial charge on any atom is -0.170 e. The zero-order chi connectivity index (χ0) is 7.23. The van der Waals surface area contributed by atoms with Crippen molar-refractivity contribution in [2.75, 3.05) is 0 Å². The second kappa shape index (κ2) is 1.85. The summed E-state index contributed by atoms with van der Waals surface area (Å²) in [6.45, 7) is 0. The van der Waals surface area contributed by atoms with E-state index in [1.54, 1.807) is 0 Å². The fraction of sp³-hybridized carbons (Fsp3) is 0.750. The van der Waals surface area contributed by atoms with Crippen molar-refractivity contribution >= 4 is 29.7 Å². The van der Waals surface area contributed by atoms with Crippen molar-refractivity contribution in [2.45, 2.75) is 11.4 Å². The third-order valence-electron chi connectivity index (χ3n) is 1.16. The first kappa shape index (κ1) is 7.34. The second-order valence-corrected chi connectivity index (χ2v) is 2.89. The van der Waals surface area contributed by atoms with E-state index in [0.717, 1.165) is 0 Å². The number of hydrogen-bond donors (Lipinski definition) is 1. The summed E-state index contributed by atoms with van der Waals surface area (Å²) in [5.74, 6) is -1.42. The summed E-state index contributed by atoms with van der Waals surface area (Å²) >= 11 is 7.94. The molecule has 0 aliphatic heterocycles. The maximum absolute atomic E-state index is 11.6. The Morgan fingerprint density at radius 2 is 1.78 bits per heavy atom. The topological polar surface area (TPSA) is 0 Å². The molecule has 0 aromatic carbocycles. The van der Waals surface area contributed by atoms with E-state index in [1.165, 1.54) is 0 Å². The number of thiol groups is 1. The highest BCUT2D eigenvalue weighted by Gasteiger charge is 2.59. The summed E-state index contributed by atoms with van der Waals surface area (Å²) in [6, 6.07) is 0. The van der Waals surface area contributed by atoms with Crippen LogP contribution < -0.4 is 0 Å². The number of thiocarbonyl (C=S) groups is 1. The molecule has 1 aliphatic carbocycles.